The summed E-state index contributed by atoms with van der Waals surface area (Å²) in [7, 11) is 1.50. The van der Waals surface area contributed by atoms with Crippen molar-refractivity contribution in [2.75, 3.05) is 12.4 Å². The number of hydrogen-bond acceptors (Lipinski definition) is 3. The first kappa shape index (κ1) is 17.6. The smallest absolute Gasteiger partial charge is 0.265 e. The first-order chi connectivity index (χ1) is 10.8. The van der Waals surface area contributed by atoms with Crippen LogP contribution in [0.15, 0.2) is 39.7 Å². The van der Waals surface area contributed by atoms with Crippen molar-refractivity contribution in [2.24, 2.45) is 0 Å². The summed E-state index contributed by atoms with van der Waals surface area (Å²) in [6.45, 7) is 3.50. The molecule has 7 heteroatoms. The molecule has 2 aromatic rings. The predicted molar refractivity (Wildman–Crippen MR) is 94.5 cm³/mol. The number of carbonyl (C=O) groups excluding carboxylic acids is 1. The lowest BCUT2D eigenvalue weighted by molar-refractivity contribution is -0.118. The van der Waals surface area contributed by atoms with Crippen LogP contribution in [0.25, 0.3) is 0 Å². The van der Waals surface area contributed by atoms with Crippen LogP contribution in [0.3, 0.4) is 0 Å². The summed E-state index contributed by atoms with van der Waals surface area (Å²) in [5.74, 6) is 0.151. The molecule has 0 aliphatic heterocycles. The molecule has 1 amide bonds. The van der Waals surface area contributed by atoms with Gasteiger partial charge in [0.1, 0.15) is 11.8 Å². The van der Waals surface area contributed by atoms with Gasteiger partial charge < -0.3 is 14.6 Å². The molecule has 1 aromatic heterocycles. The molecule has 1 atom stereocenters. The quantitative estimate of drug-likeness (QED) is 0.851. The molecular weight excluding hydrogens is 384 g/mol. The molecule has 0 spiro atoms. The minimum atomic E-state index is -0.692. The number of rotatable bonds is 4. The number of hydrogen-bond donors (Lipinski definition) is 1. The monoisotopic (exact) mass is 398 g/mol. The van der Waals surface area contributed by atoms with Crippen molar-refractivity contribution in [2.45, 2.75) is 19.9 Å². The molecule has 122 valence electrons. The van der Waals surface area contributed by atoms with Crippen molar-refractivity contribution in [3.63, 3.8) is 0 Å². The molecular formula is C16H16BrClN2O3. The molecule has 0 radical (unpaired) electrons. The van der Waals surface area contributed by atoms with Gasteiger partial charge in [-0.15, -0.1) is 0 Å². The Morgan fingerprint density at radius 2 is 2.09 bits per heavy atom. The van der Waals surface area contributed by atoms with E-state index in [1.165, 1.54) is 11.7 Å². The molecule has 1 aromatic carbocycles. The average molecular weight is 400 g/mol. The van der Waals surface area contributed by atoms with Crippen LogP contribution in [-0.2, 0) is 4.79 Å². The fourth-order valence-corrected chi connectivity index (χ4v) is 2.87. The molecule has 0 aliphatic carbocycles. The first-order valence-electron chi connectivity index (χ1n) is 6.86. The fraction of sp³-hybridized carbons (Fsp3) is 0.250. The van der Waals surface area contributed by atoms with E-state index in [2.05, 4.69) is 21.2 Å². The lowest BCUT2D eigenvalue weighted by Gasteiger charge is -2.17. The zero-order valence-corrected chi connectivity index (χ0v) is 15.2. The number of aromatic nitrogens is 1. The lowest BCUT2D eigenvalue weighted by atomic mass is 10.2. The van der Waals surface area contributed by atoms with Crippen molar-refractivity contribution in [1.29, 1.82) is 0 Å². The fourth-order valence-electron chi connectivity index (χ4n) is 2.13. The third-order valence-corrected chi connectivity index (χ3v) is 4.16. The van der Waals surface area contributed by atoms with Gasteiger partial charge >= 0.3 is 0 Å². The van der Waals surface area contributed by atoms with Crippen LogP contribution >= 0.6 is 27.5 Å². The Morgan fingerprint density at radius 3 is 2.74 bits per heavy atom. The standard InChI is InChI=1S/C16H16BrClN2O3/c1-9-6-12(17)16(22)20(8-9)10(2)15(21)19-13-7-11(18)4-5-14(13)23-3/h4-8,10H,1-3H3,(H,19,21). The van der Waals surface area contributed by atoms with Crippen LogP contribution in [0.1, 0.15) is 18.5 Å². The van der Waals surface area contributed by atoms with E-state index >= 15 is 0 Å². The molecule has 0 bridgehead atoms. The zero-order chi connectivity index (χ0) is 17.1. The number of aryl methyl sites for hydroxylation is 1. The maximum atomic E-state index is 12.5. The number of benzene rings is 1. The Morgan fingerprint density at radius 1 is 1.39 bits per heavy atom. The van der Waals surface area contributed by atoms with Crippen molar-refractivity contribution in [1.82, 2.24) is 4.57 Å². The van der Waals surface area contributed by atoms with Crippen LogP contribution in [0.4, 0.5) is 5.69 Å². The second-order valence-electron chi connectivity index (χ2n) is 5.09. The van der Waals surface area contributed by atoms with Gasteiger partial charge in [-0.2, -0.15) is 0 Å². The van der Waals surface area contributed by atoms with Crippen LogP contribution in [0.5, 0.6) is 5.75 Å². The Balaban J connectivity index is 2.31. The first-order valence-corrected chi connectivity index (χ1v) is 8.03. The Labute approximate surface area is 147 Å². The summed E-state index contributed by atoms with van der Waals surface area (Å²) in [5.41, 5.74) is 1.06. The van der Waals surface area contributed by atoms with Gasteiger partial charge in [0, 0.05) is 11.2 Å². The van der Waals surface area contributed by atoms with Gasteiger partial charge in [-0.1, -0.05) is 11.6 Å². The molecule has 2 rings (SSSR count). The lowest BCUT2D eigenvalue weighted by Crippen LogP contribution is -2.32. The Kier molecular flexibility index (Phi) is 5.49. The van der Waals surface area contributed by atoms with E-state index in [-0.39, 0.29) is 11.5 Å². The largest absolute Gasteiger partial charge is 0.495 e. The van der Waals surface area contributed by atoms with E-state index in [4.69, 9.17) is 16.3 Å². The van der Waals surface area contributed by atoms with Gasteiger partial charge in [0.25, 0.3) is 5.56 Å². The second kappa shape index (κ2) is 7.19. The van der Waals surface area contributed by atoms with Gasteiger partial charge in [-0.3, -0.25) is 9.59 Å². The van der Waals surface area contributed by atoms with Crippen molar-refractivity contribution >= 4 is 39.1 Å². The average Bonchev–Trinajstić information content (AvgIpc) is 2.50. The van der Waals surface area contributed by atoms with Crippen LogP contribution < -0.4 is 15.6 Å². The van der Waals surface area contributed by atoms with E-state index < -0.39 is 6.04 Å². The van der Waals surface area contributed by atoms with Crippen LogP contribution in [0, 0.1) is 6.92 Å². The summed E-state index contributed by atoms with van der Waals surface area (Å²) < 4.78 is 6.99. The van der Waals surface area contributed by atoms with Gasteiger partial charge in [-0.25, -0.2) is 0 Å². The summed E-state index contributed by atoms with van der Waals surface area (Å²) in [6.07, 6.45) is 1.65. The molecule has 0 saturated heterocycles. The number of anilines is 1. The number of methoxy groups -OCH3 is 1. The van der Waals surface area contributed by atoms with E-state index in [0.29, 0.717) is 20.9 Å². The molecule has 0 fully saturated rings. The number of pyridine rings is 1. The molecule has 1 N–H and O–H groups in total. The van der Waals surface area contributed by atoms with Gasteiger partial charge in [0.05, 0.1) is 17.3 Å². The second-order valence-corrected chi connectivity index (χ2v) is 6.38. The normalized spacial score (nSPS) is 11.9. The maximum Gasteiger partial charge on any atom is 0.265 e. The molecule has 5 nitrogen and oxygen atoms in total. The Hall–Kier alpha value is -1.79. The van der Waals surface area contributed by atoms with Gasteiger partial charge in [0.15, 0.2) is 0 Å². The Bertz CT molecular complexity index is 804. The highest BCUT2D eigenvalue weighted by atomic mass is 79.9. The van der Waals surface area contributed by atoms with E-state index in [1.807, 2.05) is 6.92 Å². The third-order valence-electron chi connectivity index (χ3n) is 3.35. The number of ether oxygens (including phenoxy) is 1. The van der Waals surface area contributed by atoms with E-state index in [9.17, 15) is 9.59 Å². The minimum absolute atomic E-state index is 0.267. The molecule has 23 heavy (non-hydrogen) atoms. The maximum absolute atomic E-state index is 12.5. The molecule has 0 aliphatic rings. The van der Waals surface area contributed by atoms with Crippen molar-refractivity contribution in [3.05, 3.63) is 55.9 Å². The van der Waals surface area contributed by atoms with Gasteiger partial charge in [0.2, 0.25) is 5.91 Å². The summed E-state index contributed by atoms with van der Waals surface area (Å²) in [5, 5.41) is 3.22. The van der Waals surface area contributed by atoms with Crippen LogP contribution in [0.2, 0.25) is 5.02 Å². The molecule has 0 saturated carbocycles. The molecule has 1 unspecified atom stereocenters. The minimum Gasteiger partial charge on any atom is -0.495 e. The zero-order valence-electron chi connectivity index (χ0n) is 12.9. The van der Waals surface area contributed by atoms with E-state index in [0.717, 1.165) is 5.56 Å². The summed E-state index contributed by atoms with van der Waals surface area (Å²) in [6, 6.07) is 5.95. The number of nitrogens with one attached hydrogen (secondary N) is 1. The number of nitrogens with zero attached hydrogens (tertiary/aromatic N) is 1. The van der Waals surface area contributed by atoms with Crippen molar-refractivity contribution < 1.29 is 9.53 Å². The highest BCUT2D eigenvalue weighted by molar-refractivity contribution is 9.10. The predicted octanol–water partition coefficient (Wildman–Crippen LogP) is 3.78. The third kappa shape index (κ3) is 3.95. The number of amides is 1. The molecule has 1 heterocycles. The summed E-state index contributed by atoms with van der Waals surface area (Å²) >= 11 is 9.16. The topological polar surface area (TPSA) is 60.3 Å². The van der Waals surface area contributed by atoms with E-state index in [1.54, 1.807) is 37.4 Å². The highest BCUT2D eigenvalue weighted by Crippen LogP contribution is 2.28. The number of halogens is 2. The van der Waals surface area contributed by atoms with Gasteiger partial charge in [-0.05, 0) is 59.6 Å². The number of carbonyl (C=O) groups is 1. The highest BCUT2D eigenvalue weighted by Gasteiger charge is 2.19. The van der Waals surface area contributed by atoms with Crippen LogP contribution in [-0.4, -0.2) is 17.6 Å². The SMILES string of the molecule is COc1ccc(Cl)cc1NC(=O)C(C)n1cc(C)cc(Br)c1=O. The summed E-state index contributed by atoms with van der Waals surface area (Å²) in [4.78, 5) is 24.7. The van der Waals surface area contributed by atoms with Crippen molar-refractivity contribution in [3.8, 4) is 5.75 Å².